The number of fused-ring (bicyclic) bond motifs is 15. The number of hydrogen-bond acceptors (Lipinski definition) is 0. The molecule has 3 aliphatic carbocycles. The van der Waals surface area contributed by atoms with Crippen LogP contribution in [0.3, 0.4) is 0 Å². The maximum atomic E-state index is 2.47. The molecule has 3 aliphatic rings. The van der Waals surface area contributed by atoms with E-state index in [-0.39, 0.29) is 0 Å². The van der Waals surface area contributed by atoms with E-state index in [1.807, 2.05) is 0 Å². The van der Waals surface area contributed by atoms with E-state index in [1.54, 1.807) is 0 Å². The maximum Gasteiger partial charge on any atom is 0.0541 e. The second kappa shape index (κ2) is 13.5. The monoisotopic (exact) mass is 836 g/mol. The molecule has 2 heteroatoms. The van der Waals surface area contributed by atoms with Crippen LogP contribution in [0, 0.1) is 0 Å². The SMILES string of the molecule is C1=CC2c3ccccc3-c3ccc(-n4c5ccccc5c5cc(-c6ccc(-c7ccc8c(c7)c7ccccc7n8-c7ccc8c9c(cccc79)-c7ccccc7-8)cc6)ccc54)cc3C2C=C1. The van der Waals surface area contributed by atoms with Crippen LogP contribution in [0.15, 0.2) is 231 Å². The van der Waals surface area contributed by atoms with Crippen LogP contribution in [0.4, 0.5) is 0 Å². The Balaban J connectivity index is 0.805. The van der Waals surface area contributed by atoms with Gasteiger partial charge in [0.05, 0.1) is 27.8 Å². The van der Waals surface area contributed by atoms with E-state index in [1.165, 1.54) is 133 Å². The van der Waals surface area contributed by atoms with Crippen molar-refractivity contribution < 1.29 is 0 Å². The molecule has 2 atom stereocenters. The van der Waals surface area contributed by atoms with Crippen molar-refractivity contribution >= 4 is 54.4 Å². The zero-order chi connectivity index (χ0) is 43.0. The first-order valence-corrected chi connectivity index (χ1v) is 23.2. The Bertz CT molecular complexity index is 4080. The Morgan fingerprint density at radius 3 is 1.47 bits per heavy atom. The summed E-state index contributed by atoms with van der Waals surface area (Å²) in [4.78, 5) is 0. The highest BCUT2D eigenvalue weighted by molar-refractivity contribution is 6.19. The van der Waals surface area contributed by atoms with E-state index in [9.17, 15) is 0 Å². The second-order valence-corrected chi connectivity index (χ2v) is 18.3. The van der Waals surface area contributed by atoms with Crippen molar-refractivity contribution in [3.63, 3.8) is 0 Å². The Hall–Kier alpha value is -8.46. The van der Waals surface area contributed by atoms with Gasteiger partial charge < -0.3 is 9.13 Å². The molecule has 0 radical (unpaired) electrons. The third-order valence-electron chi connectivity index (χ3n) is 15.1. The first kappa shape index (κ1) is 35.9. The molecule has 0 fully saturated rings. The molecular weight excluding hydrogens is 797 g/mol. The second-order valence-electron chi connectivity index (χ2n) is 18.3. The topological polar surface area (TPSA) is 9.86 Å². The summed E-state index contributed by atoms with van der Waals surface area (Å²) in [5.74, 6) is 0.664. The minimum Gasteiger partial charge on any atom is -0.309 e. The number of hydrogen-bond donors (Lipinski definition) is 0. The standard InChI is InChI=1S/C64H40N2/c1-2-14-46-44(12-1)45-13-3-6-17-49(45)56-38-43(30-31-50(46)56)65-59-22-9-7-18-51(59)57-36-41(28-33-62(57)65)39-24-26-40(27-25-39)42-29-34-63-58(37-42)52-19-8-10-23-60(52)66(63)61-35-32-54-48-16-5-4-15-47(48)53-20-11-21-55(61)64(53)54/h1-38,45,49H. The van der Waals surface area contributed by atoms with Gasteiger partial charge in [0.2, 0.25) is 0 Å². The van der Waals surface area contributed by atoms with Crippen LogP contribution in [-0.2, 0) is 0 Å². The molecule has 2 heterocycles. The quantitative estimate of drug-likeness (QED) is 0.167. The molecule has 12 aromatic rings. The molecule has 2 unspecified atom stereocenters. The number of aromatic nitrogens is 2. The lowest BCUT2D eigenvalue weighted by Gasteiger charge is -2.34. The molecule has 15 rings (SSSR count). The third kappa shape index (κ3) is 4.96. The van der Waals surface area contributed by atoms with Gasteiger partial charge in [0.1, 0.15) is 0 Å². The first-order valence-electron chi connectivity index (χ1n) is 23.2. The predicted octanol–water partition coefficient (Wildman–Crippen LogP) is 17.0. The average molecular weight is 837 g/mol. The van der Waals surface area contributed by atoms with Crippen LogP contribution in [-0.4, -0.2) is 9.13 Å². The lowest BCUT2D eigenvalue weighted by atomic mass is 9.70. The van der Waals surface area contributed by atoms with Crippen molar-refractivity contribution in [2.24, 2.45) is 0 Å². The summed E-state index contributed by atoms with van der Waals surface area (Å²) in [7, 11) is 0. The minimum atomic E-state index is 0.315. The normalized spacial score (nSPS) is 15.5. The highest BCUT2D eigenvalue weighted by Crippen LogP contribution is 2.51. The Labute approximate surface area is 382 Å². The largest absolute Gasteiger partial charge is 0.309 e. The van der Waals surface area contributed by atoms with Crippen molar-refractivity contribution in [2.45, 2.75) is 11.8 Å². The highest BCUT2D eigenvalue weighted by Gasteiger charge is 2.32. The summed E-state index contributed by atoms with van der Waals surface area (Å²) in [5.41, 5.74) is 22.9. The Morgan fingerprint density at radius 1 is 0.288 bits per heavy atom. The minimum absolute atomic E-state index is 0.315. The van der Waals surface area contributed by atoms with Crippen LogP contribution < -0.4 is 0 Å². The molecule has 0 bridgehead atoms. The van der Waals surface area contributed by atoms with Gasteiger partial charge in [0.15, 0.2) is 0 Å². The summed E-state index contributed by atoms with van der Waals surface area (Å²) in [6.45, 7) is 0. The molecule has 0 saturated carbocycles. The number of allylic oxidation sites excluding steroid dienone is 4. The van der Waals surface area contributed by atoms with Gasteiger partial charge in [-0.25, -0.2) is 0 Å². The van der Waals surface area contributed by atoms with Crippen LogP contribution in [0.5, 0.6) is 0 Å². The number of para-hydroxylation sites is 2. The van der Waals surface area contributed by atoms with E-state index >= 15 is 0 Å². The third-order valence-corrected chi connectivity index (χ3v) is 15.1. The van der Waals surface area contributed by atoms with E-state index in [0.717, 1.165) is 0 Å². The van der Waals surface area contributed by atoms with Crippen molar-refractivity contribution in [3.8, 4) is 67.0 Å². The summed E-state index contributed by atoms with van der Waals surface area (Å²) in [5, 5.41) is 7.68. The van der Waals surface area contributed by atoms with E-state index in [2.05, 4.69) is 240 Å². The van der Waals surface area contributed by atoms with E-state index in [0.29, 0.717) is 11.8 Å². The average Bonchev–Trinajstić information content (AvgIpc) is 4.02. The van der Waals surface area contributed by atoms with Crippen molar-refractivity contribution in [1.82, 2.24) is 9.13 Å². The van der Waals surface area contributed by atoms with Gasteiger partial charge in [-0.15, -0.1) is 0 Å². The van der Waals surface area contributed by atoms with Crippen molar-refractivity contribution in [2.75, 3.05) is 0 Å². The Kier molecular flexibility index (Phi) is 7.37. The molecule has 10 aromatic carbocycles. The van der Waals surface area contributed by atoms with Crippen molar-refractivity contribution in [1.29, 1.82) is 0 Å². The van der Waals surface area contributed by atoms with Crippen LogP contribution in [0.1, 0.15) is 23.0 Å². The maximum absolute atomic E-state index is 2.47. The molecule has 0 aliphatic heterocycles. The molecule has 0 spiro atoms. The van der Waals surface area contributed by atoms with Crippen LogP contribution >= 0.6 is 0 Å². The first-order chi connectivity index (χ1) is 32.7. The summed E-state index contributed by atoms with van der Waals surface area (Å²) < 4.78 is 4.94. The van der Waals surface area contributed by atoms with Gasteiger partial charge in [-0.2, -0.15) is 0 Å². The molecule has 2 nitrogen and oxygen atoms in total. The predicted molar refractivity (Wildman–Crippen MR) is 277 cm³/mol. The number of rotatable bonds is 4. The summed E-state index contributed by atoms with van der Waals surface area (Å²) in [6, 6.07) is 77.3. The van der Waals surface area contributed by atoms with Crippen LogP contribution in [0.25, 0.3) is 121 Å². The van der Waals surface area contributed by atoms with Gasteiger partial charge >= 0.3 is 0 Å². The smallest absolute Gasteiger partial charge is 0.0541 e. The van der Waals surface area contributed by atoms with E-state index in [4.69, 9.17) is 0 Å². The molecule has 0 amide bonds. The van der Waals surface area contributed by atoms with E-state index < -0.39 is 0 Å². The lowest BCUT2D eigenvalue weighted by molar-refractivity contribution is 0.719. The zero-order valence-corrected chi connectivity index (χ0v) is 36.0. The Morgan fingerprint density at radius 2 is 0.773 bits per heavy atom. The zero-order valence-electron chi connectivity index (χ0n) is 36.0. The summed E-state index contributed by atoms with van der Waals surface area (Å²) >= 11 is 0. The van der Waals surface area contributed by atoms with Gasteiger partial charge in [0.25, 0.3) is 0 Å². The fraction of sp³-hybridized carbons (Fsp3) is 0.0312. The van der Waals surface area contributed by atoms with Crippen molar-refractivity contribution in [3.05, 3.63) is 242 Å². The highest BCUT2D eigenvalue weighted by atomic mass is 15.0. The fourth-order valence-corrected chi connectivity index (χ4v) is 12.1. The van der Waals surface area contributed by atoms with Gasteiger partial charge in [-0.05, 0) is 127 Å². The summed E-state index contributed by atoms with van der Waals surface area (Å²) in [6.07, 6.45) is 9.19. The van der Waals surface area contributed by atoms with Crippen LogP contribution in [0.2, 0.25) is 0 Å². The molecule has 306 valence electrons. The molecule has 0 N–H and O–H groups in total. The lowest BCUT2D eigenvalue weighted by Crippen LogP contribution is -2.16. The molecular formula is C64H40N2. The molecule has 66 heavy (non-hydrogen) atoms. The van der Waals surface area contributed by atoms with Gasteiger partial charge in [-0.3, -0.25) is 0 Å². The number of benzene rings is 10. The molecule has 0 saturated heterocycles. The molecule has 2 aromatic heterocycles. The number of nitrogens with zero attached hydrogens (tertiary/aromatic N) is 2. The fourth-order valence-electron chi connectivity index (χ4n) is 12.1. The van der Waals surface area contributed by atoms with Gasteiger partial charge in [0, 0.05) is 44.5 Å². The van der Waals surface area contributed by atoms with Gasteiger partial charge in [-0.1, -0.05) is 176 Å².